The van der Waals surface area contributed by atoms with Crippen LogP contribution < -0.4 is 10.6 Å². The molecule has 0 bridgehead atoms. The molecule has 0 fully saturated rings. The van der Waals surface area contributed by atoms with Gasteiger partial charge in [0.05, 0.1) is 6.26 Å². The van der Waals surface area contributed by atoms with Gasteiger partial charge in [-0.05, 0) is 31.9 Å². The van der Waals surface area contributed by atoms with Crippen LogP contribution >= 0.6 is 24.0 Å². The molecule has 2 aromatic heterocycles. The van der Waals surface area contributed by atoms with Gasteiger partial charge in [-0.3, -0.25) is 0 Å². The van der Waals surface area contributed by atoms with Crippen LogP contribution in [0.25, 0.3) is 0 Å². The zero-order valence-electron chi connectivity index (χ0n) is 16.4. The molecule has 9 heteroatoms. The number of rotatable bonds is 11. The molecule has 0 amide bonds. The molecule has 2 heterocycles. The maximum Gasteiger partial charge on any atom is 0.191 e. The largest absolute Gasteiger partial charge is 0.467 e. The van der Waals surface area contributed by atoms with Crippen molar-refractivity contribution in [2.45, 2.75) is 46.3 Å². The van der Waals surface area contributed by atoms with Gasteiger partial charge in [0.25, 0.3) is 0 Å². The van der Waals surface area contributed by atoms with E-state index in [1.54, 1.807) is 6.26 Å². The minimum absolute atomic E-state index is 0. The zero-order valence-corrected chi connectivity index (χ0v) is 18.7. The Morgan fingerprint density at radius 2 is 2.04 bits per heavy atom. The lowest BCUT2D eigenvalue weighted by Crippen LogP contribution is -2.38. The third-order valence-electron chi connectivity index (χ3n) is 3.97. The Bertz CT molecular complexity index is 657. The standard InChI is InChI=1S/C18H30N6O2.HI/c1-4-5-9-19-18(21-13-17-23-22-15(2)24(17)3)20-10-7-11-25-14-16-8-6-12-26-16;/h6,8,12H,4-5,7,9-11,13-14H2,1-3H3,(H2,19,20,21);1H. The molecule has 0 aromatic carbocycles. The average molecular weight is 490 g/mol. The van der Waals surface area contributed by atoms with E-state index >= 15 is 0 Å². The molecule has 8 nitrogen and oxygen atoms in total. The first kappa shape index (κ1) is 23.4. The quantitative estimate of drug-likeness (QED) is 0.218. The molecule has 0 radical (unpaired) electrons. The van der Waals surface area contributed by atoms with Crippen LogP contribution in [0.4, 0.5) is 0 Å². The molecule has 27 heavy (non-hydrogen) atoms. The average Bonchev–Trinajstić information content (AvgIpc) is 3.27. The van der Waals surface area contributed by atoms with Gasteiger partial charge in [-0.25, -0.2) is 4.99 Å². The van der Waals surface area contributed by atoms with Crippen molar-refractivity contribution in [3.8, 4) is 0 Å². The van der Waals surface area contributed by atoms with Crippen LogP contribution in [0.15, 0.2) is 27.8 Å². The maximum absolute atomic E-state index is 5.59. The summed E-state index contributed by atoms with van der Waals surface area (Å²) in [5.74, 6) is 3.38. The highest BCUT2D eigenvalue weighted by Gasteiger charge is 2.05. The maximum atomic E-state index is 5.59. The minimum atomic E-state index is 0. The molecule has 0 unspecified atom stereocenters. The van der Waals surface area contributed by atoms with Crippen molar-refractivity contribution < 1.29 is 9.15 Å². The van der Waals surface area contributed by atoms with Crippen molar-refractivity contribution >= 4 is 29.9 Å². The van der Waals surface area contributed by atoms with E-state index in [1.165, 1.54) is 0 Å². The lowest BCUT2D eigenvalue weighted by Gasteiger charge is -2.12. The number of furan rings is 1. The van der Waals surface area contributed by atoms with Crippen LogP contribution in [0.3, 0.4) is 0 Å². The van der Waals surface area contributed by atoms with E-state index in [0.717, 1.165) is 55.7 Å². The fraction of sp³-hybridized carbons (Fsp3) is 0.611. The number of unbranched alkanes of at least 4 members (excludes halogenated alkanes) is 1. The van der Waals surface area contributed by atoms with Crippen LogP contribution in [0, 0.1) is 6.92 Å². The predicted octanol–water partition coefficient (Wildman–Crippen LogP) is 2.78. The number of aromatic nitrogens is 3. The Labute approximate surface area is 178 Å². The number of ether oxygens (including phenoxy) is 1. The van der Waals surface area contributed by atoms with Crippen molar-refractivity contribution in [2.75, 3.05) is 19.7 Å². The van der Waals surface area contributed by atoms with Crippen LogP contribution in [0.1, 0.15) is 43.6 Å². The lowest BCUT2D eigenvalue weighted by atomic mass is 10.3. The number of hydrogen-bond acceptors (Lipinski definition) is 5. The van der Waals surface area contributed by atoms with Gasteiger partial charge in [-0.15, -0.1) is 34.2 Å². The summed E-state index contributed by atoms with van der Waals surface area (Å²) >= 11 is 0. The smallest absolute Gasteiger partial charge is 0.191 e. The summed E-state index contributed by atoms with van der Waals surface area (Å²) in [4.78, 5) is 4.61. The van der Waals surface area contributed by atoms with Crippen LogP contribution in [-0.2, 0) is 24.9 Å². The highest BCUT2D eigenvalue weighted by molar-refractivity contribution is 14.0. The van der Waals surface area contributed by atoms with E-state index < -0.39 is 0 Å². The predicted molar refractivity (Wildman–Crippen MR) is 116 cm³/mol. The number of guanidine groups is 1. The van der Waals surface area contributed by atoms with Crippen LogP contribution in [0.2, 0.25) is 0 Å². The van der Waals surface area contributed by atoms with Gasteiger partial charge in [0, 0.05) is 26.7 Å². The first-order valence-corrected chi connectivity index (χ1v) is 9.18. The molecule has 2 aromatic rings. The molecule has 152 valence electrons. The Morgan fingerprint density at radius 1 is 1.26 bits per heavy atom. The summed E-state index contributed by atoms with van der Waals surface area (Å²) < 4.78 is 12.8. The van der Waals surface area contributed by atoms with Crippen molar-refractivity contribution in [3.63, 3.8) is 0 Å². The van der Waals surface area contributed by atoms with Crippen LogP contribution in [-0.4, -0.2) is 40.4 Å². The first-order chi connectivity index (χ1) is 12.7. The molecule has 0 saturated carbocycles. The van der Waals surface area contributed by atoms with Crippen molar-refractivity contribution in [1.29, 1.82) is 0 Å². The van der Waals surface area contributed by atoms with E-state index in [1.807, 2.05) is 30.7 Å². The molecule has 0 spiro atoms. The SMILES string of the molecule is CCCCNC(=NCc1nnc(C)n1C)NCCCOCc1ccco1.I. The first-order valence-electron chi connectivity index (χ1n) is 9.18. The van der Waals surface area contributed by atoms with E-state index in [2.05, 4.69) is 32.7 Å². The Hall–Kier alpha value is -1.62. The second kappa shape index (κ2) is 13.5. The fourth-order valence-electron chi connectivity index (χ4n) is 2.24. The van der Waals surface area contributed by atoms with E-state index in [-0.39, 0.29) is 24.0 Å². The molecule has 2 N–H and O–H groups in total. The number of nitrogens with zero attached hydrogens (tertiary/aromatic N) is 4. The minimum Gasteiger partial charge on any atom is -0.467 e. The molecule has 0 aliphatic carbocycles. The summed E-state index contributed by atoms with van der Waals surface area (Å²) in [5, 5.41) is 14.9. The molecule has 0 aliphatic heterocycles. The number of nitrogens with one attached hydrogen (secondary N) is 2. The third-order valence-corrected chi connectivity index (χ3v) is 3.97. The summed E-state index contributed by atoms with van der Waals surface area (Å²) in [6.07, 6.45) is 4.79. The summed E-state index contributed by atoms with van der Waals surface area (Å²) in [6, 6.07) is 3.78. The molecular formula is C18H31IN6O2. The monoisotopic (exact) mass is 490 g/mol. The van der Waals surface area contributed by atoms with Crippen molar-refractivity contribution in [2.24, 2.45) is 12.0 Å². The molecule has 0 saturated heterocycles. The Balaban J connectivity index is 0.00000364. The van der Waals surface area contributed by atoms with Crippen molar-refractivity contribution in [3.05, 3.63) is 35.8 Å². The highest BCUT2D eigenvalue weighted by Crippen LogP contribution is 2.02. The third kappa shape index (κ3) is 8.74. The second-order valence-electron chi connectivity index (χ2n) is 6.08. The van der Waals surface area contributed by atoms with Gasteiger partial charge in [0.2, 0.25) is 0 Å². The topological polar surface area (TPSA) is 89.5 Å². The lowest BCUT2D eigenvalue weighted by molar-refractivity contribution is 0.105. The van der Waals surface area contributed by atoms with Gasteiger partial charge in [-0.1, -0.05) is 13.3 Å². The number of hydrogen-bond donors (Lipinski definition) is 2. The summed E-state index contributed by atoms with van der Waals surface area (Å²) in [7, 11) is 1.95. The fourth-order valence-corrected chi connectivity index (χ4v) is 2.24. The van der Waals surface area contributed by atoms with Gasteiger partial charge < -0.3 is 24.4 Å². The van der Waals surface area contributed by atoms with Crippen molar-refractivity contribution in [1.82, 2.24) is 25.4 Å². The normalized spacial score (nSPS) is 11.3. The van der Waals surface area contributed by atoms with E-state index in [0.29, 0.717) is 19.8 Å². The van der Waals surface area contributed by atoms with Gasteiger partial charge in [0.15, 0.2) is 11.8 Å². The molecule has 2 rings (SSSR count). The summed E-state index contributed by atoms with van der Waals surface area (Å²) in [5.41, 5.74) is 0. The Morgan fingerprint density at radius 3 is 2.67 bits per heavy atom. The van der Waals surface area contributed by atoms with E-state index in [4.69, 9.17) is 9.15 Å². The number of aliphatic imine (C=N–C) groups is 1. The second-order valence-corrected chi connectivity index (χ2v) is 6.08. The number of aryl methyl sites for hydroxylation is 1. The highest BCUT2D eigenvalue weighted by atomic mass is 127. The molecular weight excluding hydrogens is 459 g/mol. The van der Waals surface area contributed by atoms with Gasteiger partial charge in [-0.2, -0.15) is 0 Å². The zero-order chi connectivity index (χ0) is 18.6. The number of halogens is 1. The van der Waals surface area contributed by atoms with Gasteiger partial charge in [0.1, 0.15) is 24.7 Å². The Kier molecular flexibility index (Phi) is 11.7. The molecule has 0 aliphatic rings. The van der Waals surface area contributed by atoms with Crippen LogP contribution in [0.5, 0.6) is 0 Å². The molecule has 0 atom stereocenters. The van der Waals surface area contributed by atoms with Gasteiger partial charge >= 0.3 is 0 Å². The van der Waals surface area contributed by atoms with E-state index in [9.17, 15) is 0 Å². The summed E-state index contributed by atoms with van der Waals surface area (Å²) in [6.45, 7) is 7.45.